The SMILES string of the molecule is COc1cccc(C(O)c2nc(C(=O)Nc3ccc(OCc4ccccc4)cc3)cs2)c1. The van der Waals surface area contributed by atoms with Crippen LogP contribution in [0.2, 0.25) is 0 Å². The third-order valence-electron chi connectivity index (χ3n) is 4.76. The Balaban J connectivity index is 1.36. The summed E-state index contributed by atoms with van der Waals surface area (Å²) >= 11 is 1.23. The van der Waals surface area contributed by atoms with E-state index in [2.05, 4.69) is 10.3 Å². The summed E-state index contributed by atoms with van der Waals surface area (Å²) in [5, 5.41) is 15.5. The highest BCUT2D eigenvalue weighted by Crippen LogP contribution is 2.27. The van der Waals surface area contributed by atoms with Gasteiger partial charge in [0.1, 0.15) is 34.9 Å². The molecular weight excluding hydrogens is 424 g/mol. The Morgan fingerprint density at radius 1 is 1.03 bits per heavy atom. The van der Waals surface area contributed by atoms with E-state index in [9.17, 15) is 9.90 Å². The summed E-state index contributed by atoms with van der Waals surface area (Å²) in [5.41, 5.74) is 2.61. The van der Waals surface area contributed by atoms with Crippen LogP contribution in [0.25, 0.3) is 0 Å². The lowest BCUT2D eigenvalue weighted by atomic mass is 10.1. The number of benzene rings is 3. The van der Waals surface area contributed by atoms with Crippen LogP contribution in [0.3, 0.4) is 0 Å². The van der Waals surface area contributed by atoms with Crippen LogP contribution < -0.4 is 14.8 Å². The molecule has 3 aromatic carbocycles. The van der Waals surface area contributed by atoms with Crippen LogP contribution >= 0.6 is 11.3 Å². The summed E-state index contributed by atoms with van der Waals surface area (Å²) in [5.74, 6) is 1.01. The minimum absolute atomic E-state index is 0.247. The molecule has 1 amide bonds. The number of amides is 1. The van der Waals surface area contributed by atoms with Crippen LogP contribution in [-0.4, -0.2) is 23.1 Å². The van der Waals surface area contributed by atoms with Crippen molar-refractivity contribution in [3.63, 3.8) is 0 Å². The molecule has 0 fully saturated rings. The van der Waals surface area contributed by atoms with Gasteiger partial charge in [-0.15, -0.1) is 11.3 Å². The second-order valence-electron chi connectivity index (χ2n) is 7.00. The fraction of sp³-hybridized carbons (Fsp3) is 0.120. The van der Waals surface area contributed by atoms with Gasteiger partial charge in [-0.05, 0) is 47.5 Å². The molecule has 1 aromatic heterocycles. The second kappa shape index (κ2) is 10.1. The Labute approximate surface area is 190 Å². The number of rotatable bonds is 8. The first-order valence-electron chi connectivity index (χ1n) is 9.98. The lowest BCUT2D eigenvalue weighted by Crippen LogP contribution is -2.12. The van der Waals surface area contributed by atoms with E-state index in [0.717, 1.165) is 5.56 Å². The molecule has 0 spiro atoms. The number of carbonyl (C=O) groups is 1. The van der Waals surface area contributed by atoms with Crippen LogP contribution in [-0.2, 0) is 6.61 Å². The highest BCUT2D eigenvalue weighted by molar-refractivity contribution is 7.10. The number of methoxy groups -OCH3 is 1. The molecule has 0 aliphatic carbocycles. The van der Waals surface area contributed by atoms with Crippen LogP contribution in [0.1, 0.15) is 32.7 Å². The van der Waals surface area contributed by atoms with E-state index in [4.69, 9.17) is 9.47 Å². The molecule has 0 bridgehead atoms. The molecule has 4 rings (SSSR count). The predicted octanol–water partition coefficient (Wildman–Crippen LogP) is 5.06. The first kappa shape index (κ1) is 21.5. The summed E-state index contributed by atoms with van der Waals surface area (Å²) in [6.07, 6.45) is -0.933. The van der Waals surface area contributed by atoms with E-state index >= 15 is 0 Å². The quantitative estimate of drug-likeness (QED) is 0.395. The number of anilines is 1. The van der Waals surface area contributed by atoms with Crippen molar-refractivity contribution in [2.75, 3.05) is 12.4 Å². The van der Waals surface area contributed by atoms with Crippen molar-refractivity contribution in [2.45, 2.75) is 12.7 Å². The number of aromatic nitrogens is 1. The summed E-state index contributed by atoms with van der Waals surface area (Å²) < 4.78 is 11.0. The summed E-state index contributed by atoms with van der Waals surface area (Å²) in [6.45, 7) is 0.476. The fourth-order valence-electron chi connectivity index (χ4n) is 3.04. The average Bonchev–Trinajstić information content (AvgIpc) is 3.34. The minimum atomic E-state index is -0.933. The first-order valence-corrected chi connectivity index (χ1v) is 10.9. The lowest BCUT2D eigenvalue weighted by Gasteiger charge is -2.09. The van der Waals surface area contributed by atoms with E-state index in [1.165, 1.54) is 11.3 Å². The number of ether oxygens (including phenoxy) is 2. The third-order valence-corrected chi connectivity index (χ3v) is 5.66. The van der Waals surface area contributed by atoms with E-state index < -0.39 is 6.10 Å². The van der Waals surface area contributed by atoms with Crippen molar-refractivity contribution in [1.82, 2.24) is 4.98 Å². The van der Waals surface area contributed by atoms with Crippen LogP contribution in [0.15, 0.2) is 84.2 Å². The molecule has 32 heavy (non-hydrogen) atoms. The minimum Gasteiger partial charge on any atom is -0.497 e. The van der Waals surface area contributed by atoms with Gasteiger partial charge in [0.15, 0.2) is 0 Å². The average molecular weight is 447 g/mol. The normalized spacial score (nSPS) is 11.6. The van der Waals surface area contributed by atoms with Gasteiger partial charge in [-0.1, -0.05) is 42.5 Å². The Bertz CT molecular complexity index is 1180. The summed E-state index contributed by atoms with van der Waals surface area (Å²) in [4.78, 5) is 16.9. The monoisotopic (exact) mass is 446 g/mol. The van der Waals surface area contributed by atoms with Gasteiger partial charge >= 0.3 is 0 Å². The van der Waals surface area contributed by atoms with Gasteiger partial charge in [0.05, 0.1) is 7.11 Å². The van der Waals surface area contributed by atoms with Gasteiger partial charge < -0.3 is 19.9 Å². The number of thiazole rings is 1. The van der Waals surface area contributed by atoms with Crippen molar-refractivity contribution in [3.8, 4) is 11.5 Å². The van der Waals surface area contributed by atoms with Gasteiger partial charge in [0.25, 0.3) is 5.91 Å². The molecule has 7 heteroatoms. The Kier molecular flexibility index (Phi) is 6.79. The number of hydrogen-bond donors (Lipinski definition) is 2. The molecule has 1 heterocycles. The zero-order valence-corrected chi connectivity index (χ0v) is 18.2. The molecule has 162 valence electrons. The molecule has 1 atom stereocenters. The van der Waals surface area contributed by atoms with E-state index in [-0.39, 0.29) is 11.6 Å². The largest absolute Gasteiger partial charge is 0.497 e. The number of carbonyl (C=O) groups excluding carboxylic acids is 1. The van der Waals surface area contributed by atoms with Gasteiger partial charge in [-0.3, -0.25) is 4.79 Å². The fourth-order valence-corrected chi connectivity index (χ4v) is 3.85. The third kappa shape index (κ3) is 5.32. The van der Waals surface area contributed by atoms with E-state index in [1.807, 2.05) is 30.3 Å². The summed E-state index contributed by atoms with van der Waals surface area (Å²) in [7, 11) is 1.57. The zero-order valence-electron chi connectivity index (χ0n) is 17.4. The standard InChI is InChI=1S/C25H22N2O4S/c1-30-21-9-5-8-18(14-21)23(28)25-27-22(16-32-25)24(29)26-19-10-12-20(13-11-19)31-15-17-6-3-2-4-7-17/h2-14,16,23,28H,15H2,1H3,(H,26,29). The maximum atomic E-state index is 12.6. The van der Waals surface area contributed by atoms with Crippen LogP contribution in [0.4, 0.5) is 5.69 Å². The van der Waals surface area contributed by atoms with Crippen molar-refractivity contribution < 1.29 is 19.4 Å². The van der Waals surface area contributed by atoms with Gasteiger partial charge in [-0.25, -0.2) is 4.98 Å². The van der Waals surface area contributed by atoms with Gasteiger partial charge in [0, 0.05) is 11.1 Å². The maximum Gasteiger partial charge on any atom is 0.275 e. The van der Waals surface area contributed by atoms with Crippen molar-refractivity contribution >= 4 is 22.9 Å². The molecule has 0 saturated carbocycles. The van der Waals surface area contributed by atoms with Gasteiger partial charge in [-0.2, -0.15) is 0 Å². The molecular formula is C25H22N2O4S. The molecule has 4 aromatic rings. The maximum absolute atomic E-state index is 12.6. The number of hydrogen-bond acceptors (Lipinski definition) is 6. The number of nitrogens with zero attached hydrogens (tertiary/aromatic N) is 1. The zero-order chi connectivity index (χ0) is 22.3. The van der Waals surface area contributed by atoms with Crippen LogP contribution in [0.5, 0.6) is 11.5 Å². The molecule has 1 unspecified atom stereocenters. The smallest absolute Gasteiger partial charge is 0.275 e. The van der Waals surface area contributed by atoms with Crippen molar-refractivity contribution in [1.29, 1.82) is 0 Å². The van der Waals surface area contributed by atoms with Crippen LogP contribution in [0, 0.1) is 0 Å². The molecule has 0 aliphatic rings. The Morgan fingerprint density at radius 3 is 2.56 bits per heavy atom. The summed E-state index contributed by atoms with van der Waals surface area (Å²) in [6, 6.07) is 24.2. The molecule has 6 nitrogen and oxygen atoms in total. The topological polar surface area (TPSA) is 80.7 Å². The van der Waals surface area contributed by atoms with Crippen molar-refractivity contribution in [2.24, 2.45) is 0 Å². The number of nitrogens with one attached hydrogen (secondary N) is 1. The molecule has 2 N–H and O–H groups in total. The lowest BCUT2D eigenvalue weighted by molar-refractivity contribution is 0.102. The van der Waals surface area contributed by atoms with E-state index in [0.29, 0.717) is 34.4 Å². The molecule has 0 radical (unpaired) electrons. The van der Waals surface area contributed by atoms with Gasteiger partial charge in [0.2, 0.25) is 0 Å². The number of aliphatic hydroxyl groups excluding tert-OH is 1. The van der Waals surface area contributed by atoms with Crippen molar-refractivity contribution in [3.05, 3.63) is 106 Å². The number of aliphatic hydroxyl groups is 1. The Morgan fingerprint density at radius 2 is 1.81 bits per heavy atom. The van der Waals surface area contributed by atoms with E-state index in [1.54, 1.807) is 61.0 Å². The predicted molar refractivity (Wildman–Crippen MR) is 124 cm³/mol. The molecule has 0 saturated heterocycles. The first-order chi connectivity index (χ1) is 15.6. The highest BCUT2D eigenvalue weighted by atomic mass is 32.1. The molecule has 0 aliphatic heterocycles. The second-order valence-corrected chi connectivity index (χ2v) is 7.89. The highest BCUT2D eigenvalue weighted by Gasteiger charge is 2.18. The Hall–Kier alpha value is -3.68.